The van der Waals surface area contributed by atoms with Crippen molar-refractivity contribution in [3.63, 3.8) is 0 Å². The second-order valence-electron chi connectivity index (χ2n) is 5.83. The molecule has 4 aromatic rings. The highest BCUT2D eigenvalue weighted by atomic mass is 19.1. The molecule has 0 bridgehead atoms. The third kappa shape index (κ3) is 2.94. The van der Waals surface area contributed by atoms with Crippen molar-refractivity contribution in [3.8, 4) is 5.69 Å². The number of aromatic nitrogens is 2. The highest BCUT2D eigenvalue weighted by Crippen LogP contribution is 2.16. The second-order valence-corrected chi connectivity index (χ2v) is 5.83. The van der Waals surface area contributed by atoms with E-state index in [0.29, 0.717) is 28.8 Å². The van der Waals surface area contributed by atoms with Crippen LogP contribution in [0.3, 0.4) is 0 Å². The molecule has 0 saturated carbocycles. The van der Waals surface area contributed by atoms with Crippen molar-refractivity contribution < 1.29 is 4.39 Å². The van der Waals surface area contributed by atoms with Gasteiger partial charge in [-0.15, -0.1) is 0 Å². The fourth-order valence-electron chi connectivity index (χ4n) is 2.96. The van der Waals surface area contributed by atoms with E-state index in [2.05, 4.69) is 4.98 Å². The summed E-state index contributed by atoms with van der Waals surface area (Å²) in [6.07, 6.45) is 0.484. The van der Waals surface area contributed by atoms with Gasteiger partial charge in [-0.1, -0.05) is 48.5 Å². The van der Waals surface area contributed by atoms with E-state index in [1.807, 2.05) is 42.5 Å². The first-order valence-corrected chi connectivity index (χ1v) is 8.03. The average molecular weight is 330 g/mol. The van der Waals surface area contributed by atoms with Gasteiger partial charge in [0.15, 0.2) is 0 Å². The average Bonchev–Trinajstić information content (AvgIpc) is 2.63. The van der Waals surface area contributed by atoms with E-state index in [-0.39, 0.29) is 11.4 Å². The Morgan fingerprint density at radius 3 is 2.44 bits per heavy atom. The quantitative estimate of drug-likeness (QED) is 0.566. The van der Waals surface area contributed by atoms with E-state index in [9.17, 15) is 9.18 Å². The molecule has 4 rings (SSSR count). The smallest absolute Gasteiger partial charge is 0.265 e. The van der Waals surface area contributed by atoms with Gasteiger partial charge in [0.25, 0.3) is 5.56 Å². The SMILES string of the molecule is O=c1c2ccccc2nc(Cc2ccccc2)n1-c1cccc(F)c1. The third-order valence-electron chi connectivity index (χ3n) is 4.12. The Morgan fingerprint density at radius 1 is 0.880 bits per heavy atom. The molecule has 0 spiro atoms. The number of fused-ring (bicyclic) bond motifs is 1. The first-order chi connectivity index (χ1) is 12.2. The van der Waals surface area contributed by atoms with Crippen LogP contribution in [0.1, 0.15) is 11.4 Å². The van der Waals surface area contributed by atoms with Crippen LogP contribution in [0.15, 0.2) is 83.7 Å². The van der Waals surface area contributed by atoms with Crippen molar-refractivity contribution in [1.82, 2.24) is 9.55 Å². The minimum atomic E-state index is -0.386. The standard InChI is InChI=1S/C21H15FN2O/c22-16-9-6-10-17(14-16)24-20(13-15-7-2-1-3-8-15)23-19-12-5-4-11-18(19)21(24)25/h1-12,14H,13H2. The van der Waals surface area contributed by atoms with Gasteiger partial charge >= 0.3 is 0 Å². The van der Waals surface area contributed by atoms with E-state index in [4.69, 9.17) is 0 Å². The normalized spacial score (nSPS) is 10.9. The number of nitrogens with zero attached hydrogens (tertiary/aromatic N) is 2. The lowest BCUT2D eigenvalue weighted by atomic mass is 10.1. The van der Waals surface area contributed by atoms with Gasteiger partial charge in [0.05, 0.1) is 16.6 Å². The predicted octanol–water partition coefficient (Wildman–Crippen LogP) is 4.12. The second kappa shape index (κ2) is 6.32. The van der Waals surface area contributed by atoms with Crippen molar-refractivity contribution in [2.45, 2.75) is 6.42 Å². The lowest BCUT2D eigenvalue weighted by molar-refractivity contribution is 0.625. The molecule has 122 valence electrons. The summed E-state index contributed by atoms with van der Waals surface area (Å²) in [7, 11) is 0. The Morgan fingerprint density at radius 2 is 1.64 bits per heavy atom. The Kier molecular flexibility index (Phi) is 3.86. The summed E-state index contributed by atoms with van der Waals surface area (Å²) < 4.78 is 15.2. The maximum atomic E-state index is 13.7. The van der Waals surface area contributed by atoms with Gasteiger partial charge in [-0.05, 0) is 35.9 Å². The summed E-state index contributed by atoms with van der Waals surface area (Å²) in [4.78, 5) is 17.7. The van der Waals surface area contributed by atoms with Crippen LogP contribution in [0.5, 0.6) is 0 Å². The van der Waals surface area contributed by atoms with Gasteiger partial charge in [-0.2, -0.15) is 0 Å². The minimum Gasteiger partial charge on any atom is -0.268 e. The van der Waals surface area contributed by atoms with Crippen molar-refractivity contribution in [2.75, 3.05) is 0 Å². The van der Waals surface area contributed by atoms with Crippen molar-refractivity contribution in [1.29, 1.82) is 0 Å². The number of hydrogen-bond donors (Lipinski definition) is 0. The van der Waals surface area contributed by atoms with Crippen molar-refractivity contribution in [3.05, 3.63) is 106 Å². The molecular weight excluding hydrogens is 315 g/mol. The molecule has 0 aliphatic heterocycles. The van der Waals surface area contributed by atoms with E-state index in [0.717, 1.165) is 5.56 Å². The van der Waals surface area contributed by atoms with Gasteiger partial charge < -0.3 is 0 Å². The molecule has 0 radical (unpaired) electrons. The van der Waals surface area contributed by atoms with Crippen LogP contribution in [-0.2, 0) is 6.42 Å². The number of para-hydroxylation sites is 1. The molecule has 25 heavy (non-hydrogen) atoms. The molecule has 0 aliphatic rings. The Labute approximate surface area is 144 Å². The van der Waals surface area contributed by atoms with E-state index in [1.165, 1.54) is 16.7 Å². The fraction of sp³-hybridized carbons (Fsp3) is 0.0476. The highest BCUT2D eigenvalue weighted by molar-refractivity contribution is 5.77. The summed E-state index contributed by atoms with van der Waals surface area (Å²) >= 11 is 0. The number of hydrogen-bond acceptors (Lipinski definition) is 2. The monoisotopic (exact) mass is 330 g/mol. The Bertz CT molecular complexity index is 1100. The summed E-state index contributed by atoms with van der Waals surface area (Å²) in [6, 6.07) is 23.0. The van der Waals surface area contributed by atoms with Gasteiger partial charge in [0, 0.05) is 6.42 Å². The molecule has 0 fully saturated rings. The molecule has 4 heteroatoms. The van der Waals surface area contributed by atoms with Gasteiger partial charge in [-0.25, -0.2) is 9.37 Å². The molecule has 1 heterocycles. The molecule has 3 aromatic carbocycles. The molecule has 0 unspecified atom stereocenters. The molecule has 0 aliphatic carbocycles. The topological polar surface area (TPSA) is 34.9 Å². The summed E-state index contributed by atoms with van der Waals surface area (Å²) in [5.74, 6) is 0.198. The predicted molar refractivity (Wildman–Crippen MR) is 96.5 cm³/mol. The van der Waals surface area contributed by atoms with E-state index >= 15 is 0 Å². The van der Waals surface area contributed by atoms with Crippen LogP contribution in [-0.4, -0.2) is 9.55 Å². The molecule has 0 saturated heterocycles. The van der Waals surface area contributed by atoms with Gasteiger partial charge in [0.1, 0.15) is 11.6 Å². The molecule has 3 nitrogen and oxygen atoms in total. The van der Waals surface area contributed by atoms with E-state index < -0.39 is 0 Å². The first kappa shape index (κ1) is 15.3. The summed E-state index contributed by atoms with van der Waals surface area (Å²) in [6.45, 7) is 0. The van der Waals surface area contributed by atoms with Crippen molar-refractivity contribution in [2.24, 2.45) is 0 Å². The minimum absolute atomic E-state index is 0.192. The number of halogens is 1. The van der Waals surface area contributed by atoms with Crippen LogP contribution < -0.4 is 5.56 Å². The zero-order valence-corrected chi connectivity index (χ0v) is 13.4. The molecule has 0 N–H and O–H groups in total. The lowest BCUT2D eigenvalue weighted by Gasteiger charge is -2.14. The highest BCUT2D eigenvalue weighted by Gasteiger charge is 2.13. The summed E-state index contributed by atoms with van der Waals surface area (Å²) in [5.41, 5.74) is 1.97. The third-order valence-corrected chi connectivity index (χ3v) is 4.12. The van der Waals surface area contributed by atoms with Crippen LogP contribution in [0.2, 0.25) is 0 Å². The summed E-state index contributed by atoms with van der Waals surface area (Å²) in [5, 5.41) is 0.517. The van der Waals surface area contributed by atoms with E-state index in [1.54, 1.807) is 24.3 Å². The molecular formula is C21H15FN2O. The lowest BCUT2D eigenvalue weighted by Crippen LogP contribution is -2.24. The molecule has 0 amide bonds. The largest absolute Gasteiger partial charge is 0.268 e. The van der Waals surface area contributed by atoms with Crippen LogP contribution >= 0.6 is 0 Å². The fourth-order valence-corrected chi connectivity index (χ4v) is 2.96. The van der Waals surface area contributed by atoms with Crippen molar-refractivity contribution >= 4 is 10.9 Å². The number of rotatable bonds is 3. The first-order valence-electron chi connectivity index (χ1n) is 8.03. The Hall–Kier alpha value is -3.27. The molecule has 0 atom stereocenters. The molecule has 1 aromatic heterocycles. The van der Waals surface area contributed by atoms with Gasteiger partial charge in [0.2, 0.25) is 0 Å². The maximum Gasteiger partial charge on any atom is 0.265 e. The van der Waals surface area contributed by atoms with Crippen LogP contribution in [0.4, 0.5) is 4.39 Å². The van der Waals surface area contributed by atoms with Crippen LogP contribution in [0.25, 0.3) is 16.6 Å². The maximum absolute atomic E-state index is 13.7. The van der Waals surface area contributed by atoms with Gasteiger partial charge in [-0.3, -0.25) is 9.36 Å². The zero-order chi connectivity index (χ0) is 17.2. The Balaban J connectivity index is 1.99. The number of benzene rings is 3. The van der Waals surface area contributed by atoms with Crippen LogP contribution in [0, 0.1) is 5.82 Å². The zero-order valence-electron chi connectivity index (χ0n) is 13.4.